The molecule has 2 aliphatic rings. The van der Waals surface area contributed by atoms with Crippen LogP contribution in [0.3, 0.4) is 0 Å². The number of hydrogen-bond acceptors (Lipinski definition) is 4. The van der Waals surface area contributed by atoms with Crippen molar-refractivity contribution in [1.82, 2.24) is 10.2 Å². The van der Waals surface area contributed by atoms with Gasteiger partial charge in [-0.15, -0.1) is 0 Å². The average molecular weight is 284 g/mol. The first-order valence-corrected chi connectivity index (χ1v) is 8.35. The van der Waals surface area contributed by atoms with E-state index in [1.54, 1.807) is 7.11 Å². The fraction of sp³-hybridized carbons (Fsp3) is 1.00. The predicted molar refractivity (Wildman–Crippen MR) is 81.9 cm³/mol. The maximum absolute atomic E-state index is 9.67. The molecule has 1 heterocycles. The molecule has 0 aromatic rings. The van der Waals surface area contributed by atoms with E-state index in [0.29, 0.717) is 19.2 Å². The lowest BCUT2D eigenvalue weighted by Crippen LogP contribution is -2.50. The molecular weight excluding hydrogens is 252 g/mol. The topological polar surface area (TPSA) is 44.7 Å². The highest BCUT2D eigenvalue weighted by Gasteiger charge is 2.30. The first-order valence-electron chi connectivity index (χ1n) is 8.35. The molecular formula is C16H32N2O2. The van der Waals surface area contributed by atoms with Gasteiger partial charge in [-0.1, -0.05) is 19.8 Å². The van der Waals surface area contributed by atoms with Crippen LogP contribution in [0, 0.1) is 5.92 Å². The number of nitrogens with one attached hydrogen (secondary N) is 1. The van der Waals surface area contributed by atoms with Gasteiger partial charge in [0, 0.05) is 25.7 Å². The molecule has 2 fully saturated rings. The van der Waals surface area contributed by atoms with Gasteiger partial charge in [0.1, 0.15) is 0 Å². The number of methoxy groups -OCH3 is 1. The average Bonchev–Trinajstić information content (AvgIpc) is 2.47. The molecule has 1 aliphatic heterocycles. The molecule has 0 bridgehead atoms. The molecule has 2 rings (SSSR count). The number of aliphatic hydroxyl groups excluding tert-OH is 1. The summed E-state index contributed by atoms with van der Waals surface area (Å²) in [7, 11) is 1.63. The molecule has 1 aliphatic carbocycles. The number of aliphatic hydroxyl groups is 1. The van der Waals surface area contributed by atoms with Crippen molar-refractivity contribution in [2.45, 2.75) is 63.6 Å². The fourth-order valence-corrected chi connectivity index (χ4v) is 3.83. The largest absolute Gasteiger partial charge is 0.389 e. The Balaban J connectivity index is 1.67. The summed E-state index contributed by atoms with van der Waals surface area (Å²) in [6.45, 7) is 5.93. The summed E-state index contributed by atoms with van der Waals surface area (Å²) in [6.07, 6.45) is 7.68. The second kappa shape index (κ2) is 8.32. The maximum Gasteiger partial charge on any atom is 0.0897 e. The molecule has 2 N–H and O–H groups in total. The third kappa shape index (κ3) is 4.69. The second-order valence-corrected chi connectivity index (χ2v) is 6.66. The minimum atomic E-state index is -0.378. The number of likely N-dealkylation sites (tertiary alicyclic amines) is 1. The molecule has 3 atom stereocenters. The minimum absolute atomic E-state index is 0.378. The van der Waals surface area contributed by atoms with Crippen molar-refractivity contribution in [2.75, 3.05) is 33.4 Å². The Hall–Kier alpha value is -0.160. The van der Waals surface area contributed by atoms with E-state index in [9.17, 15) is 5.11 Å². The summed E-state index contributed by atoms with van der Waals surface area (Å²) >= 11 is 0. The van der Waals surface area contributed by atoms with Gasteiger partial charge in [0.25, 0.3) is 0 Å². The van der Waals surface area contributed by atoms with Crippen LogP contribution in [0.25, 0.3) is 0 Å². The predicted octanol–water partition coefficient (Wildman–Crippen LogP) is 1.63. The van der Waals surface area contributed by atoms with Crippen molar-refractivity contribution in [3.8, 4) is 0 Å². The summed E-state index contributed by atoms with van der Waals surface area (Å²) in [5.41, 5.74) is 0. The van der Waals surface area contributed by atoms with E-state index < -0.39 is 0 Å². The van der Waals surface area contributed by atoms with Crippen LogP contribution in [0.4, 0.5) is 0 Å². The number of ether oxygens (including phenoxy) is 1. The van der Waals surface area contributed by atoms with Crippen molar-refractivity contribution < 1.29 is 9.84 Å². The van der Waals surface area contributed by atoms with Crippen LogP contribution in [0.1, 0.15) is 45.4 Å². The molecule has 4 nitrogen and oxygen atoms in total. The molecule has 0 radical (unpaired) electrons. The summed E-state index contributed by atoms with van der Waals surface area (Å²) < 4.78 is 4.95. The summed E-state index contributed by atoms with van der Waals surface area (Å²) in [5.74, 6) is 0.872. The van der Waals surface area contributed by atoms with Crippen LogP contribution >= 0.6 is 0 Å². The molecule has 118 valence electrons. The molecule has 0 aromatic carbocycles. The van der Waals surface area contributed by atoms with E-state index in [-0.39, 0.29) is 6.10 Å². The van der Waals surface area contributed by atoms with Crippen molar-refractivity contribution in [3.63, 3.8) is 0 Å². The van der Waals surface area contributed by atoms with Gasteiger partial charge in [0.15, 0.2) is 0 Å². The van der Waals surface area contributed by atoms with Gasteiger partial charge in [0.05, 0.1) is 12.7 Å². The first-order chi connectivity index (χ1) is 9.70. The second-order valence-electron chi connectivity index (χ2n) is 6.66. The minimum Gasteiger partial charge on any atom is -0.389 e. The van der Waals surface area contributed by atoms with E-state index in [0.717, 1.165) is 12.0 Å². The Morgan fingerprint density at radius 3 is 2.55 bits per heavy atom. The zero-order chi connectivity index (χ0) is 14.4. The van der Waals surface area contributed by atoms with Crippen molar-refractivity contribution >= 4 is 0 Å². The number of hydrogen-bond donors (Lipinski definition) is 2. The molecule has 4 heteroatoms. The Labute approximate surface area is 123 Å². The maximum atomic E-state index is 9.67. The molecule has 0 spiro atoms. The third-order valence-corrected chi connectivity index (χ3v) is 5.07. The molecule has 1 saturated heterocycles. The highest BCUT2D eigenvalue weighted by Crippen LogP contribution is 2.29. The van der Waals surface area contributed by atoms with Gasteiger partial charge in [-0.3, -0.25) is 0 Å². The van der Waals surface area contributed by atoms with Gasteiger partial charge < -0.3 is 20.1 Å². The van der Waals surface area contributed by atoms with E-state index in [2.05, 4.69) is 17.1 Å². The van der Waals surface area contributed by atoms with Gasteiger partial charge in [0.2, 0.25) is 0 Å². The SMILES string of the molecule is COCC(O)CNC1CCN(C2CCCCC2C)CC1. The van der Waals surface area contributed by atoms with Gasteiger partial charge in [-0.2, -0.15) is 0 Å². The normalized spacial score (nSPS) is 31.4. The Morgan fingerprint density at radius 2 is 1.90 bits per heavy atom. The van der Waals surface area contributed by atoms with E-state index in [4.69, 9.17) is 4.74 Å². The standard InChI is InChI=1S/C16H32N2O2/c1-13-5-3-4-6-16(13)18-9-7-14(8-10-18)17-11-15(19)12-20-2/h13-17,19H,3-12H2,1-2H3. The molecule has 0 aromatic heterocycles. The van der Waals surface area contributed by atoms with Gasteiger partial charge in [-0.25, -0.2) is 0 Å². The Morgan fingerprint density at radius 1 is 1.20 bits per heavy atom. The lowest BCUT2D eigenvalue weighted by Gasteiger charge is -2.42. The zero-order valence-corrected chi connectivity index (χ0v) is 13.2. The van der Waals surface area contributed by atoms with Gasteiger partial charge in [-0.05, 0) is 44.7 Å². The molecule has 0 amide bonds. The number of nitrogens with zero attached hydrogens (tertiary/aromatic N) is 1. The zero-order valence-electron chi connectivity index (χ0n) is 13.2. The van der Waals surface area contributed by atoms with Crippen LogP contribution in [0.15, 0.2) is 0 Å². The number of rotatable bonds is 6. The van der Waals surface area contributed by atoms with Crippen LogP contribution < -0.4 is 5.32 Å². The summed E-state index contributed by atoms with van der Waals surface area (Å²) in [5, 5.41) is 13.2. The monoisotopic (exact) mass is 284 g/mol. The highest BCUT2D eigenvalue weighted by molar-refractivity contribution is 4.86. The van der Waals surface area contributed by atoms with Crippen LogP contribution in [-0.2, 0) is 4.74 Å². The Bertz CT molecular complexity index is 267. The lowest BCUT2D eigenvalue weighted by atomic mass is 9.84. The summed E-state index contributed by atoms with van der Waals surface area (Å²) in [6, 6.07) is 1.39. The fourth-order valence-electron chi connectivity index (χ4n) is 3.83. The highest BCUT2D eigenvalue weighted by atomic mass is 16.5. The summed E-state index contributed by atoms with van der Waals surface area (Å²) in [4.78, 5) is 2.72. The molecule has 20 heavy (non-hydrogen) atoms. The van der Waals surface area contributed by atoms with Crippen molar-refractivity contribution in [2.24, 2.45) is 5.92 Å². The van der Waals surface area contributed by atoms with E-state index >= 15 is 0 Å². The molecule has 1 saturated carbocycles. The van der Waals surface area contributed by atoms with Gasteiger partial charge >= 0.3 is 0 Å². The van der Waals surface area contributed by atoms with Crippen molar-refractivity contribution in [3.05, 3.63) is 0 Å². The molecule has 3 unspecified atom stereocenters. The third-order valence-electron chi connectivity index (χ3n) is 5.07. The first kappa shape index (κ1) is 16.2. The number of piperidine rings is 1. The van der Waals surface area contributed by atoms with E-state index in [1.165, 1.54) is 51.6 Å². The van der Waals surface area contributed by atoms with Crippen LogP contribution in [-0.4, -0.2) is 61.5 Å². The quantitative estimate of drug-likeness (QED) is 0.778. The van der Waals surface area contributed by atoms with Crippen LogP contribution in [0.2, 0.25) is 0 Å². The van der Waals surface area contributed by atoms with Crippen molar-refractivity contribution in [1.29, 1.82) is 0 Å². The lowest BCUT2D eigenvalue weighted by molar-refractivity contribution is 0.0542. The van der Waals surface area contributed by atoms with Crippen LogP contribution in [0.5, 0.6) is 0 Å². The smallest absolute Gasteiger partial charge is 0.0897 e. The van der Waals surface area contributed by atoms with E-state index in [1.807, 2.05) is 0 Å². The Kier molecular flexibility index (Phi) is 6.75.